The number of aromatic nitrogens is 2. The van der Waals surface area contributed by atoms with Gasteiger partial charge in [-0.15, -0.1) is 0 Å². The van der Waals surface area contributed by atoms with Crippen molar-refractivity contribution in [1.82, 2.24) is 15.1 Å². The molecule has 0 aliphatic rings. The Morgan fingerprint density at radius 3 is 2.67 bits per heavy atom. The Hall–Kier alpha value is -2.38. The second-order valence-corrected chi connectivity index (χ2v) is 5.33. The van der Waals surface area contributed by atoms with Crippen molar-refractivity contribution in [3.8, 4) is 0 Å². The van der Waals surface area contributed by atoms with E-state index in [0.717, 1.165) is 0 Å². The maximum Gasteiger partial charge on any atom is 0.407 e. The fraction of sp³-hybridized carbons (Fsp3) is 0.462. The number of halogens is 1. The van der Waals surface area contributed by atoms with E-state index in [4.69, 9.17) is 9.84 Å². The molecule has 0 aliphatic heterocycles. The summed E-state index contributed by atoms with van der Waals surface area (Å²) in [7, 11) is 0. The minimum atomic E-state index is -1.16. The van der Waals surface area contributed by atoms with Crippen LogP contribution in [0.1, 0.15) is 31.3 Å². The molecule has 7 nitrogen and oxygen atoms in total. The largest absolute Gasteiger partial charge is 0.476 e. The first-order valence-corrected chi connectivity index (χ1v) is 6.23. The van der Waals surface area contributed by atoms with Gasteiger partial charge in [0.25, 0.3) is 0 Å². The predicted molar refractivity (Wildman–Crippen MR) is 72.6 cm³/mol. The zero-order chi connectivity index (χ0) is 16.0. The molecular weight excluding hydrogens is 281 g/mol. The van der Waals surface area contributed by atoms with Crippen LogP contribution in [0, 0.1) is 0 Å². The molecular formula is C13H18FN3O4. The standard InChI is InChI=1S/C13H18FN3O4/c1-13(2,3)21-12(20)15-7-9(6-14)8-17-5-4-10(16-17)11(18)19/h4-6H,7-8H2,1-3H3,(H,15,20)(H,18,19). The minimum Gasteiger partial charge on any atom is -0.476 e. The summed E-state index contributed by atoms with van der Waals surface area (Å²) in [4.78, 5) is 22.1. The van der Waals surface area contributed by atoms with Crippen LogP contribution >= 0.6 is 0 Å². The van der Waals surface area contributed by atoms with Gasteiger partial charge in [0, 0.05) is 12.7 Å². The molecule has 1 rings (SSSR count). The van der Waals surface area contributed by atoms with Crippen LogP contribution in [0.3, 0.4) is 0 Å². The average molecular weight is 299 g/mol. The highest BCUT2D eigenvalue weighted by Crippen LogP contribution is 2.07. The highest BCUT2D eigenvalue weighted by molar-refractivity contribution is 5.85. The van der Waals surface area contributed by atoms with Crippen LogP contribution in [0.4, 0.5) is 9.18 Å². The smallest absolute Gasteiger partial charge is 0.407 e. The Kier molecular flexibility index (Phi) is 5.45. The van der Waals surface area contributed by atoms with Crippen molar-refractivity contribution in [1.29, 1.82) is 0 Å². The number of aromatic carboxylic acids is 1. The van der Waals surface area contributed by atoms with Crippen LogP contribution in [0.25, 0.3) is 0 Å². The molecule has 0 atom stereocenters. The molecule has 0 fully saturated rings. The zero-order valence-electron chi connectivity index (χ0n) is 12.1. The van der Waals surface area contributed by atoms with E-state index in [9.17, 15) is 14.0 Å². The Balaban J connectivity index is 2.52. The first kappa shape index (κ1) is 16.7. The van der Waals surface area contributed by atoms with E-state index >= 15 is 0 Å². The number of carbonyl (C=O) groups excluding carboxylic acids is 1. The molecule has 0 saturated heterocycles. The van der Waals surface area contributed by atoms with Gasteiger partial charge in [-0.05, 0) is 32.4 Å². The van der Waals surface area contributed by atoms with E-state index in [-0.39, 0.29) is 24.4 Å². The van der Waals surface area contributed by atoms with Gasteiger partial charge in [-0.3, -0.25) is 4.68 Å². The minimum absolute atomic E-state index is 0.0274. The quantitative estimate of drug-likeness (QED) is 0.867. The maximum atomic E-state index is 12.8. The summed E-state index contributed by atoms with van der Waals surface area (Å²) in [5, 5.41) is 14.9. The molecule has 0 bridgehead atoms. The molecule has 21 heavy (non-hydrogen) atoms. The molecule has 0 spiro atoms. The van der Waals surface area contributed by atoms with Crippen LogP contribution in [-0.4, -0.2) is 39.1 Å². The van der Waals surface area contributed by atoms with E-state index < -0.39 is 17.7 Å². The molecule has 1 aromatic heterocycles. The molecule has 1 heterocycles. The summed E-state index contributed by atoms with van der Waals surface area (Å²) in [6.45, 7) is 5.12. The van der Waals surface area contributed by atoms with Crippen molar-refractivity contribution < 1.29 is 23.8 Å². The molecule has 0 saturated carbocycles. The number of nitrogens with zero attached hydrogens (tertiary/aromatic N) is 2. The summed E-state index contributed by atoms with van der Waals surface area (Å²) in [6, 6.07) is 1.31. The second kappa shape index (κ2) is 6.87. The molecule has 0 unspecified atom stereocenters. The lowest BCUT2D eigenvalue weighted by atomic mass is 10.2. The van der Waals surface area contributed by atoms with Gasteiger partial charge in [-0.1, -0.05) is 0 Å². The fourth-order valence-corrected chi connectivity index (χ4v) is 1.40. The maximum absolute atomic E-state index is 12.8. The lowest BCUT2D eigenvalue weighted by Gasteiger charge is -2.20. The second-order valence-electron chi connectivity index (χ2n) is 5.33. The van der Waals surface area contributed by atoms with Crippen molar-refractivity contribution in [2.75, 3.05) is 6.54 Å². The highest BCUT2D eigenvalue weighted by atomic mass is 19.1. The number of rotatable bonds is 5. The molecule has 0 aliphatic carbocycles. The number of carbonyl (C=O) groups is 2. The SMILES string of the molecule is CC(C)(C)OC(=O)NCC(=CF)Cn1ccc(C(=O)O)n1. The Morgan fingerprint density at radius 2 is 2.19 bits per heavy atom. The van der Waals surface area contributed by atoms with Crippen molar-refractivity contribution in [2.45, 2.75) is 32.9 Å². The average Bonchev–Trinajstić information content (AvgIpc) is 2.80. The number of amides is 1. The molecule has 1 amide bonds. The van der Waals surface area contributed by atoms with E-state index in [0.29, 0.717) is 6.33 Å². The van der Waals surface area contributed by atoms with Gasteiger partial charge < -0.3 is 15.2 Å². The molecule has 116 valence electrons. The first-order chi connectivity index (χ1) is 9.71. The van der Waals surface area contributed by atoms with Gasteiger partial charge in [0.15, 0.2) is 5.69 Å². The van der Waals surface area contributed by atoms with E-state index in [2.05, 4.69) is 10.4 Å². The van der Waals surface area contributed by atoms with Crippen LogP contribution in [-0.2, 0) is 11.3 Å². The number of ether oxygens (including phenoxy) is 1. The van der Waals surface area contributed by atoms with Crippen molar-refractivity contribution in [3.05, 3.63) is 29.9 Å². The topological polar surface area (TPSA) is 93.5 Å². The lowest BCUT2D eigenvalue weighted by molar-refractivity contribution is 0.0531. The molecule has 1 aromatic rings. The monoisotopic (exact) mass is 299 g/mol. The van der Waals surface area contributed by atoms with Gasteiger partial charge in [0.05, 0.1) is 12.9 Å². The fourth-order valence-electron chi connectivity index (χ4n) is 1.40. The summed E-state index contributed by atoms with van der Waals surface area (Å²) in [5.74, 6) is -1.16. The first-order valence-electron chi connectivity index (χ1n) is 6.23. The number of carboxylic acids is 1. The molecule has 8 heteroatoms. The van der Waals surface area contributed by atoms with Crippen molar-refractivity contribution in [2.24, 2.45) is 0 Å². The Bertz CT molecular complexity index is 546. The summed E-state index contributed by atoms with van der Waals surface area (Å²) in [5.41, 5.74) is -0.545. The van der Waals surface area contributed by atoms with E-state index in [1.807, 2.05) is 0 Å². The zero-order valence-corrected chi connectivity index (χ0v) is 12.1. The van der Waals surface area contributed by atoms with Gasteiger partial charge in [0.2, 0.25) is 0 Å². The number of hydrogen-bond acceptors (Lipinski definition) is 4. The third-order valence-corrected chi connectivity index (χ3v) is 2.24. The van der Waals surface area contributed by atoms with Gasteiger partial charge in [-0.25, -0.2) is 14.0 Å². The van der Waals surface area contributed by atoms with E-state index in [1.54, 1.807) is 20.8 Å². The third-order valence-electron chi connectivity index (χ3n) is 2.24. The number of hydrogen-bond donors (Lipinski definition) is 2. The van der Waals surface area contributed by atoms with Gasteiger partial charge in [-0.2, -0.15) is 5.10 Å². The molecule has 0 aromatic carbocycles. The van der Waals surface area contributed by atoms with Crippen LogP contribution < -0.4 is 5.32 Å². The number of nitrogens with one attached hydrogen (secondary N) is 1. The predicted octanol–water partition coefficient (Wildman–Crippen LogP) is 1.96. The highest BCUT2D eigenvalue weighted by Gasteiger charge is 2.16. The van der Waals surface area contributed by atoms with Gasteiger partial charge in [0.1, 0.15) is 5.60 Å². The third kappa shape index (κ3) is 6.07. The summed E-state index contributed by atoms with van der Waals surface area (Å²) in [6.07, 6.45) is 1.11. The normalized spacial score (nSPS) is 12.1. The van der Waals surface area contributed by atoms with Crippen LogP contribution in [0.15, 0.2) is 24.2 Å². The number of alkyl carbamates (subject to hydrolysis) is 1. The van der Waals surface area contributed by atoms with Crippen LogP contribution in [0.5, 0.6) is 0 Å². The summed E-state index contributed by atoms with van der Waals surface area (Å²) < 4.78 is 19.1. The Morgan fingerprint density at radius 1 is 1.52 bits per heavy atom. The summed E-state index contributed by atoms with van der Waals surface area (Å²) >= 11 is 0. The molecule has 0 radical (unpaired) electrons. The number of carboxylic acid groups (broad SMARTS) is 1. The van der Waals surface area contributed by atoms with Crippen molar-refractivity contribution in [3.63, 3.8) is 0 Å². The van der Waals surface area contributed by atoms with E-state index in [1.165, 1.54) is 16.9 Å². The molecule has 2 N–H and O–H groups in total. The van der Waals surface area contributed by atoms with Crippen LogP contribution in [0.2, 0.25) is 0 Å². The lowest BCUT2D eigenvalue weighted by Crippen LogP contribution is -2.34. The van der Waals surface area contributed by atoms with Gasteiger partial charge >= 0.3 is 12.1 Å². The Labute approximate surface area is 121 Å². The van der Waals surface area contributed by atoms with Crippen molar-refractivity contribution >= 4 is 12.1 Å².